The van der Waals surface area contributed by atoms with Crippen LogP contribution in [0.25, 0.3) is 16.6 Å². The zero-order valence-electron chi connectivity index (χ0n) is 18.0. The predicted molar refractivity (Wildman–Crippen MR) is 112 cm³/mol. The van der Waals surface area contributed by atoms with E-state index in [1.807, 2.05) is 18.3 Å². The van der Waals surface area contributed by atoms with E-state index in [1.54, 1.807) is 24.0 Å². The zero-order valence-corrected chi connectivity index (χ0v) is 21.1. The summed E-state index contributed by atoms with van der Waals surface area (Å²) >= 11 is 0. The molecule has 2 bridgehead atoms. The molecule has 1 aliphatic carbocycles. The third kappa shape index (κ3) is 4.19. The van der Waals surface area contributed by atoms with Crippen LogP contribution in [-0.2, 0) is 4.79 Å². The van der Waals surface area contributed by atoms with E-state index in [1.165, 1.54) is 0 Å². The summed E-state index contributed by atoms with van der Waals surface area (Å²) in [6, 6.07) is 8.01. The molecule has 3 aliphatic rings. The maximum Gasteiger partial charge on any atom is 1.00 e. The minimum atomic E-state index is 0. The van der Waals surface area contributed by atoms with E-state index in [9.17, 15) is 4.79 Å². The molecule has 9 heteroatoms. The van der Waals surface area contributed by atoms with Gasteiger partial charge in [-0.3, -0.25) is 10.2 Å². The van der Waals surface area contributed by atoms with Gasteiger partial charge < -0.3 is 19.9 Å². The average Bonchev–Trinajstić information content (AvgIpc) is 3.48. The van der Waals surface area contributed by atoms with Crippen molar-refractivity contribution >= 4 is 11.7 Å². The Balaban J connectivity index is 0.00000231. The Morgan fingerprint density at radius 3 is 2.52 bits per heavy atom. The van der Waals surface area contributed by atoms with E-state index in [4.69, 9.17) is 10.7 Å². The number of amides is 1. The van der Waals surface area contributed by atoms with Crippen molar-refractivity contribution in [1.29, 1.82) is 10.7 Å². The first kappa shape index (κ1) is 22.5. The topological polar surface area (TPSA) is 103 Å². The van der Waals surface area contributed by atoms with Crippen molar-refractivity contribution in [3.8, 4) is 17.2 Å². The number of nitrogens with zero attached hydrogens (tertiary/aromatic N) is 6. The average molecular weight is 442 g/mol. The third-order valence-electron chi connectivity index (χ3n) is 6.45. The minimum absolute atomic E-state index is 0. The molecule has 3 fully saturated rings. The molecule has 8 nitrogen and oxygen atoms in total. The number of fused-ring (bicyclic) bond motifs is 2. The maximum absolute atomic E-state index is 12.7. The quantitative estimate of drug-likeness (QED) is 0.396. The first-order valence-corrected chi connectivity index (χ1v) is 10.4. The number of carbonyl (C=O) groups excluding carboxylic acids is 1. The van der Waals surface area contributed by atoms with Gasteiger partial charge in [-0.05, 0) is 61.2 Å². The van der Waals surface area contributed by atoms with E-state index in [2.05, 4.69) is 26.3 Å². The Morgan fingerprint density at radius 2 is 1.90 bits per heavy atom. The molecule has 2 atom stereocenters. The van der Waals surface area contributed by atoms with Gasteiger partial charge in [-0.1, -0.05) is 0 Å². The second-order valence-electron chi connectivity index (χ2n) is 8.36. The van der Waals surface area contributed by atoms with Crippen LogP contribution in [0.1, 0.15) is 37.1 Å². The van der Waals surface area contributed by atoms with Crippen LogP contribution in [0.5, 0.6) is 0 Å². The van der Waals surface area contributed by atoms with Crippen molar-refractivity contribution < 1.29 is 56.2 Å². The standard InChI is InChI=1S/C22H24N7O.K/c1-25-28-11-16(15-6-7-26-17(8-15)10-23)9-20(28)21(24)27-12-18-4-5-19(13-27)29(18)22(30)14-2-3-14;/h6-9,11,14,18-19,24H,2-5,12-13H2,1H3;/q-1;+1. The summed E-state index contributed by atoms with van der Waals surface area (Å²) < 4.78 is 1.72. The number of amidine groups is 1. The molecule has 1 amide bonds. The number of piperazine rings is 1. The van der Waals surface area contributed by atoms with Crippen molar-refractivity contribution in [3.63, 3.8) is 0 Å². The summed E-state index contributed by atoms with van der Waals surface area (Å²) in [5.74, 6) is 1.00. The molecule has 2 aliphatic heterocycles. The molecule has 2 saturated heterocycles. The van der Waals surface area contributed by atoms with Gasteiger partial charge in [0.25, 0.3) is 0 Å². The Bertz CT molecular complexity index is 1040. The maximum atomic E-state index is 12.7. The monoisotopic (exact) mass is 441 g/mol. The van der Waals surface area contributed by atoms with Crippen LogP contribution < -0.4 is 51.4 Å². The summed E-state index contributed by atoms with van der Waals surface area (Å²) in [7, 11) is 1.70. The molecule has 2 aromatic rings. The van der Waals surface area contributed by atoms with Gasteiger partial charge in [0.1, 0.15) is 17.6 Å². The number of aromatic nitrogens is 2. The Hall–Kier alpha value is -1.70. The summed E-state index contributed by atoms with van der Waals surface area (Å²) in [4.78, 5) is 20.9. The molecule has 0 aromatic carbocycles. The van der Waals surface area contributed by atoms with Gasteiger partial charge in [0.15, 0.2) is 0 Å². The summed E-state index contributed by atoms with van der Waals surface area (Å²) in [5.41, 5.74) is 7.15. The minimum Gasteiger partial charge on any atom is -0.619 e. The van der Waals surface area contributed by atoms with Gasteiger partial charge in [-0.2, -0.15) is 5.26 Å². The van der Waals surface area contributed by atoms with Crippen LogP contribution in [-0.4, -0.2) is 63.4 Å². The largest absolute Gasteiger partial charge is 1.00 e. The van der Waals surface area contributed by atoms with E-state index < -0.39 is 0 Å². The van der Waals surface area contributed by atoms with Crippen molar-refractivity contribution in [2.45, 2.75) is 37.8 Å². The first-order chi connectivity index (χ1) is 14.6. The van der Waals surface area contributed by atoms with Crippen molar-refractivity contribution in [2.75, 3.05) is 20.1 Å². The number of nitrogens with one attached hydrogen (secondary N) is 1. The molecule has 4 heterocycles. The normalized spacial score (nSPS) is 21.9. The van der Waals surface area contributed by atoms with Gasteiger partial charge in [0.05, 0.1) is 5.69 Å². The number of rotatable bonds is 4. The second kappa shape index (κ2) is 9.04. The van der Waals surface area contributed by atoms with Crippen molar-refractivity contribution in [3.05, 3.63) is 47.4 Å². The molecule has 0 spiro atoms. The number of nitriles is 1. The van der Waals surface area contributed by atoms with Crippen LogP contribution >= 0.6 is 0 Å². The van der Waals surface area contributed by atoms with Gasteiger partial charge in [-0.25, -0.2) is 4.98 Å². The van der Waals surface area contributed by atoms with Crippen LogP contribution in [0, 0.1) is 22.7 Å². The Labute approximate surface area is 224 Å². The number of likely N-dealkylation sites (tertiary alicyclic amines) is 1. The fourth-order valence-corrected chi connectivity index (χ4v) is 4.77. The summed E-state index contributed by atoms with van der Waals surface area (Å²) in [5, 5.41) is 18.0. The molecule has 2 aromatic heterocycles. The molecule has 1 N–H and O–H groups in total. The van der Waals surface area contributed by atoms with Crippen LogP contribution in [0.3, 0.4) is 0 Å². The van der Waals surface area contributed by atoms with Crippen LogP contribution in [0.2, 0.25) is 0 Å². The van der Waals surface area contributed by atoms with Gasteiger partial charge >= 0.3 is 51.4 Å². The summed E-state index contributed by atoms with van der Waals surface area (Å²) in [6.45, 7) is 1.40. The smallest absolute Gasteiger partial charge is 0.619 e. The van der Waals surface area contributed by atoms with Gasteiger partial charge in [-0.15, -0.1) is 7.05 Å². The number of pyridine rings is 1. The van der Waals surface area contributed by atoms with Crippen molar-refractivity contribution in [1.82, 2.24) is 19.5 Å². The molecule has 31 heavy (non-hydrogen) atoms. The molecule has 5 rings (SSSR count). The Kier molecular flexibility index (Phi) is 6.56. The van der Waals surface area contributed by atoms with Gasteiger partial charge in [0.2, 0.25) is 5.91 Å². The first-order valence-electron chi connectivity index (χ1n) is 10.4. The van der Waals surface area contributed by atoms with E-state index in [0.717, 1.165) is 36.8 Å². The van der Waals surface area contributed by atoms with E-state index >= 15 is 0 Å². The van der Waals surface area contributed by atoms with Crippen LogP contribution in [0.4, 0.5) is 0 Å². The summed E-state index contributed by atoms with van der Waals surface area (Å²) in [6.07, 6.45) is 7.60. The van der Waals surface area contributed by atoms with Crippen LogP contribution in [0.15, 0.2) is 30.6 Å². The van der Waals surface area contributed by atoms with E-state index in [-0.39, 0.29) is 69.4 Å². The SMILES string of the molecule is C[N-]n1cc(-c2ccnc(C#N)c2)cc1C(=N)N1CC2CCC(C1)N2C(=O)C1CC1.[K+]. The second-order valence-corrected chi connectivity index (χ2v) is 8.36. The zero-order chi connectivity index (χ0) is 20.8. The molecular weight excluding hydrogens is 417 g/mol. The number of hydrogen-bond acceptors (Lipinski definition) is 4. The molecular formula is C22H24KN7O. The fourth-order valence-electron chi connectivity index (χ4n) is 4.77. The molecule has 154 valence electrons. The third-order valence-corrected chi connectivity index (χ3v) is 6.45. The van der Waals surface area contributed by atoms with Gasteiger partial charge in [0, 0.05) is 37.3 Å². The fraction of sp³-hybridized carbons (Fsp3) is 0.455. The molecule has 0 radical (unpaired) electrons. The number of carbonyl (C=O) groups is 1. The molecule has 2 unspecified atom stereocenters. The van der Waals surface area contributed by atoms with Crippen molar-refractivity contribution in [2.24, 2.45) is 5.92 Å². The van der Waals surface area contributed by atoms with E-state index in [0.29, 0.717) is 36.2 Å². The molecule has 1 saturated carbocycles. The predicted octanol–water partition coefficient (Wildman–Crippen LogP) is -0.397. The number of hydrogen-bond donors (Lipinski definition) is 1. The Morgan fingerprint density at radius 1 is 1.19 bits per heavy atom.